The van der Waals surface area contributed by atoms with Crippen LogP contribution in [-0.4, -0.2) is 30.3 Å². The van der Waals surface area contributed by atoms with Crippen molar-refractivity contribution in [2.45, 2.75) is 6.54 Å². The van der Waals surface area contributed by atoms with E-state index in [1.165, 1.54) is 6.07 Å². The minimum atomic E-state index is -1.09. The third-order valence-electron chi connectivity index (χ3n) is 2.61. The van der Waals surface area contributed by atoms with E-state index < -0.39 is 5.97 Å². The maximum absolute atomic E-state index is 10.7. The first-order valence-corrected chi connectivity index (χ1v) is 5.76. The van der Waals surface area contributed by atoms with Crippen LogP contribution >= 0.6 is 0 Å². The minimum absolute atomic E-state index is 0.0844. The smallest absolute Gasteiger partial charge is 0.358 e. The van der Waals surface area contributed by atoms with Crippen LogP contribution in [0.1, 0.15) is 16.2 Å². The number of carboxylic acids is 1. The molecule has 0 spiro atoms. The van der Waals surface area contributed by atoms with Gasteiger partial charge in [0.15, 0.2) is 11.5 Å². The van der Waals surface area contributed by atoms with Crippen LogP contribution in [0.5, 0.6) is 0 Å². The highest BCUT2D eigenvalue weighted by Gasteiger charge is 2.10. The van der Waals surface area contributed by atoms with Gasteiger partial charge in [-0.2, -0.15) is 0 Å². The molecule has 0 bridgehead atoms. The molecule has 1 aromatic heterocycles. The predicted molar refractivity (Wildman–Crippen MR) is 71.6 cm³/mol. The maximum atomic E-state index is 10.7. The predicted octanol–water partition coefficient (Wildman–Crippen LogP) is 2.05. The van der Waals surface area contributed by atoms with Crippen LogP contribution in [0.25, 0.3) is 0 Å². The molecule has 6 heteroatoms. The lowest BCUT2D eigenvalue weighted by Crippen LogP contribution is -2.09. The van der Waals surface area contributed by atoms with Crippen molar-refractivity contribution in [2.75, 3.05) is 24.3 Å². The Bertz CT molecular complexity index is 578. The molecule has 0 fully saturated rings. The largest absolute Gasteiger partial charge is 0.476 e. The Morgan fingerprint density at radius 3 is 2.84 bits per heavy atom. The van der Waals surface area contributed by atoms with Crippen molar-refractivity contribution in [1.29, 1.82) is 0 Å². The number of nitrogens with zero attached hydrogens (tertiary/aromatic N) is 2. The molecule has 0 atom stereocenters. The topological polar surface area (TPSA) is 78.6 Å². The van der Waals surface area contributed by atoms with Gasteiger partial charge in [0.1, 0.15) is 0 Å². The average Bonchev–Trinajstić information content (AvgIpc) is 2.85. The van der Waals surface area contributed by atoms with Crippen molar-refractivity contribution in [2.24, 2.45) is 0 Å². The van der Waals surface area contributed by atoms with Gasteiger partial charge in [-0.3, -0.25) is 0 Å². The van der Waals surface area contributed by atoms with Crippen LogP contribution in [-0.2, 0) is 6.54 Å². The lowest BCUT2D eigenvalue weighted by molar-refractivity contribution is 0.0685. The molecule has 19 heavy (non-hydrogen) atoms. The first kappa shape index (κ1) is 12.9. The summed E-state index contributed by atoms with van der Waals surface area (Å²) in [5, 5.41) is 15.3. The summed E-state index contributed by atoms with van der Waals surface area (Å²) >= 11 is 0. The molecule has 0 saturated heterocycles. The van der Waals surface area contributed by atoms with Crippen LogP contribution in [0, 0.1) is 0 Å². The van der Waals surface area contributed by atoms with E-state index in [-0.39, 0.29) is 5.69 Å². The van der Waals surface area contributed by atoms with E-state index in [1.807, 2.05) is 43.3 Å². The summed E-state index contributed by atoms with van der Waals surface area (Å²) in [4.78, 5) is 12.7. The number of carboxylic acid groups (broad SMARTS) is 1. The van der Waals surface area contributed by atoms with Gasteiger partial charge in [-0.15, -0.1) is 0 Å². The quantitative estimate of drug-likeness (QED) is 0.857. The summed E-state index contributed by atoms with van der Waals surface area (Å²) in [5.74, 6) is -0.614. The number of aromatic nitrogens is 1. The normalized spacial score (nSPS) is 10.2. The van der Waals surface area contributed by atoms with Gasteiger partial charge in [0.2, 0.25) is 0 Å². The minimum Gasteiger partial charge on any atom is -0.476 e. The van der Waals surface area contributed by atoms with Gasteiger partial charge in [-0.25, -0.2) is 4.79 Å². The molecule has 2 rings (SSSR count). The molecule has 0 saturated carbocycles. The zero-order chi connectivity index (χ0) is 13.8. The van der Waals surface area contributed by atoms with Gasteiger partial charge >= 0.3 is 5.97 Å². The molecule has 0 aliphatic heterocycles. The molecule has 1 heterocycles. The summed E-state index contributed by atoms with van der Waals surface area (Å²) in [5.41, 5.74) is 1.92. The average molecular weight is 261 g/mol. The molecule has 100 valence electrons. The molecule has 0 unspecified atom stereocenters. The molecular formula is C13H15N3O3. The van der Waals surface area contributed by atoms with Crippen LogP contribution in [0.4, 0.5) is 11.4 Å². The Balaban J connectivity index is 2.01. The lowest BCUT2D eigenvalue weighted by atomic mass is 10.2. The van der Waals surface area contributed by atoms with Gasteiger partial charge in [0.25, 0.3) is 0 Å². The second kappa shape index (κ2) is 5.43. The van der Waals surface area contributed by atoms with Gasteiger partial charge < -0.3 is 19.8 Å². The summed E-state index contributed by atoms with van der Waals surface area (Å²) < 4.78 is 4.92. The Morgan fingerprint density at radius 1 is 1.42 bits per heavy atom. The Kier molecular flexibility index (Phi) is 3.70. The number of hydrogen-bond acceptors (Lipinski definition) is 5. The summed E-state index contributed by atoms with van der Waals surface area (Å²) in [6.45, 7) is 0.386. The van der Waals surface area contributed by atoms with Crippen molar-refractivity contribution >= 4 is 17.3 Å². The Labute approximate surface area is 110 Å². The van der Waals surface area contributed by atoms with Crippen LogP contribution in [0.2, 0.25) is 0 Å². The highest BCUT2D eigenvalue weighted by molar-refractivity contribution is 5.85. The van der Waals surface area contributed by atoms with Gasteiger partial charge in [-0.1, -0.05) is 11.2 Å². The first-order valence-electron chi connectivity index (χ1n) is 5.76. The summed E-state index contributed by atoms with van der Waals surface area (Å²) in [6.07, 6.45) is 0. The van der Waals surface area contributed by atoms with Gasteiger partial charge in [0.05, 0.1) is 6.54 Å². The second-order valence-electron chi connectivity index (χ2n) is 4.28. The summed E-state index contributed by atoms with van der Waals surface area (Å²) in [7, 11) is 3.93. The zero-order valence-electron chi connectivity index (χ0n) is 10.8. The molecule has 0 radical (unpaired) electrons. The molecule has 0 amide bonds. The fraction of sp³-hybridized carbons (Fsp3) is 0.231. The molecule has 0 aliphatic carbocycles. The van der Waals surface area contributed by atoms with Crippen molar-refractivity contribution < 1.29 is 14.4 Å². The van der Waals surface area contributed by atoms with Crippen LogP contribution in [0.15, 0.2) is 34.9 Å². The van der Waals surface area contributed by atoms with Crippen molar-refractivity contribution in [3.8, 4) is 0 Å². The van der Waals surface area contributed by atoms with Gasteiger partial charge in [-0.05, 0) is 18.2 Å². The number of anilines is 2. The van der Waals surface area contributed by atoms with E-state index in [0.717, 1.165) is 11.4 Å². The third kappa shape index (κ3) is 3.25. The van der Waals surface area contributed by atoms with Crippen LogP contribution in [0.3, 0.4) is 0 Å². The fourth-order valence-corrected chi connectivity index (χ4v) is 1.58. The fourth-order valence-electron chi connectivity index (χ4n) is 1.58. The zero-order valence-corrected chi connectivity index (χ0v) is 10.8. The molecule has 2 aromatic rings. The monoisotopic (exact) mass is 261 g/mol. The van der Waals surface area contributed by atoms with E-state index in [2.05, 4.69) is 10.5 Å². The number of benzene rings is 1. The lowest BCUT2D eigenvalue weighted by Gasteiger charge is -2.13. The standard InChI is InChI=1S/C13H15N3O3/c1-16(2)10-5-3-4-9(6-10)14-8-11-7-12(13(17)18)15-19-11/h3-7,14H,8H2,1-2H3,(H,17,18). The SMILES string of the molecule is CN(C)c1cccc(NCc2cc(C(=O)O)no2)c1. The Morgan fingerprint density at radius 2 is 2.21 bits per heavy atom. The highest BCUT2D eigenvalue weighted by Crippen LogP contribution is 2.18. The summed E-state index contributed by atoms with van der Waals surface area (Å²) in [6, 6.07) is 9.28. The number of aromatic carboxylic acids is 1. The number of hydrogen-bond donors (Lipinski definition) is 2. The third-order valence-corrected chi connectivity index (χ3v) is 2.61. The van der Waals surface area contributed by atoms with E-state index in [1.54, 1.807) is 0 Å². The van der Waals surface area contributed by atoms with E-state index in [9.17, 15) is 4.79 Å². The van der Waals surface area contributed by atoms with Gasteiger partial charge in [0, 0.05) is 31.5 Å². The molecular weight excluding hydrogens is 246 g/mol. The van der Waals surface area contributed by atoms with Crippen molar-refractivity contribution in [3.63, 3.8) is 0 Å². The molecule has 0 aliphatic rings. The second-order valence-corrected chi connectivity index (χ2v) is 4.28. The molecule has 1 aromatic carbocycles. The number of carbonyl (C=O) groups is 1. The van der Waals surface area contributed by atoms with E-state index >= 15 is 0 Å². The maximum Gasteiger partial charge on any atom is 0.358 e. The first-order chi connectivity index (χ1) is 9.06. The highest BCUT2D eigenvalue weighted by atomic mass is 16.5. The van der Waals surface area contributed by atoms with E-state index in [4.69, 9.17) is 9.63 Å². The van der Waals surface area contributed by atoms with Crippen molar-refractivity contribution in [3.05, 3.63) is 41.8 Å². The molecule has 2 N–H and O–H groups in total. The molecule has 6 nitrogen and oxygen atoms in total. The number of rotatable bonds is 5. The van der Waals surface area contributed by atoms with Crippen LogP contribution < -0.4 is 10.2 Å². The Hall–Kier alpha value is -2.50. The van der Waals surface area contributed by atoms with E-state index in [0.29, 0.717) is 12.3 Å². The number of nitrogens with one attached hydrogen (secondary N) is 1. The van der Waals surface area contributed by atoms with Crippen molar-refractivity contribution in [1.82, 2.24) is 5.16 Å².